The number of amides is 2. The summed E-state index contributed by atoms with van der Waals surface area (Å²) in [5.41, 5.74) is 3.52. The van der Waals surface area contributed by atoms with Gasteiger partial charge < -0.3 is 23.9 Å². The number of furan rings is 1. The first-order valence-electron chi connectivity index (χ1n) is 10.6. The van der Waals surface area contributed by atoms with E-state index in [4.69, 9.17) is 19.2 Å². The summed E-state index contributed by atoms with van der Waals surface area (Å²) in [4.78, 5) is 35.5. The number of benzene rings is 2. The molecule has 0 unspecified atom stereocenters. The molecule has 0 saturated heterocycles. The van der Waals surface area contributed by atoms with Crippen molar-refractivity contribution >= 4 is 29.7 Å². The van der Waals surface area contributed by atoms with Gasteiger partial charge in [-0.1, -0.05) is 0 Å². The molecule has 11 heteroatoms. The number of nitriles is 1. The van der Waals surface area contributed by atoms with E-state index in [-0.39, 0.29) is 12.4 Å². The lowest BCUT2D eigenvalue weighted by Crippen LogP contribution is -2.32. The SMILES string of the molecule is CCOc1cc(/C=N/NC(=O)C(=O)Nc2ccc(C#N)cc2)ccc1OCc1ccc(C(=O)OC)o1. The molecule has 0 aliphatic rings. The number of esters is 1. The van der Waals surface area contributed by atoms with Crippen molar-refractivity contribution in [1.82, 2.24) is 5.43 Å². The molecule has 2 N–H and O–H groups in total. The fourth-order valence-electron chi connectivity index (χ4n) is 2.84. The Labute approximate surface area is 206 Å². The molecule has 0 aliphatic carbocycles. The first-order chi connectivity index (χ1) is 17.4. The Balaban J connectivity index is 1.58. The van der Waals surface area contributed by atoms with Crippen LogP contribution in [0, 0.1) is 11.3 Å². The molecule has 36 heavy (non-hydrogen) atoms. The summed E-state index contributed by atoms with van der Waals surface area (Å²) < 4.78 is 21.3. The maximum atomic E-state index is 12.0. The zero-order valence-corrected chi connectivity index (χ0v) is 19.4. The van der Waals surface area contributed by atoms with Crippen LogP contribution in [0.2, 0.25) is 0 Å². The largest absolute Gasteiger partial charge is 0.490 e. The molecule has 0 atom stereocenters. The smallest absolute Gasteiger partial charge is 0.373 e. The van der Waals surface area contributed by atoms with Crippen molar-refractivity contribution in [3.63, 3.8) is 0 Å². The summed E-state index contributed by atoms with van der Waals surface area (Å²) in [5, 5.41) is 15.0. The summed E-state index contributed by atoms with van der Waals surface area (Å²) in [6.07, 6.45) is 1.34. The number of anilines is 1. The average Bonchev–Trinajstić information content (AvgIpc) is 3.37. The van der Waals surface area contributed by atoms with Gasteiger partial charge in [-0.3, -0.25) is 9.59 Å². The zero-order chi connectivity index (χ0) is 25.9. The monoisotopic (exact) mass is 490 g/mol. The molecule has 0 fully saturated rings. The van der Waals surface area contributed by atoms with E-state index < -0.39 is 17.8 Å². The maximum absolute atomic E-state index is 12.0. The minimum atomic E-state index is -0.967. The molecule has 11 nitrogen and oxygen atoms in total. The Hall–Kier alpha value is -5.11. The van der Waals surface area contributed by atoms with Crippen LogP contribution in [0.3, 0.4) is 0 Å². The highest BCUT2D eigenvalue weighted by Gasteiger charge is 2.14. The van der Waals surface area contributed by atoms with Gasteiger partial charge in [-0.2, -0.15) is 10.4 Å². The van der Waals surface area contributed by atoms with Crippen LogP contribution in [0.1, 0.15) is 34.4 Å². The van der Waals surface area contributed by atoms with Gasteiger partial charge in [0.25, 0.3) is 0 Å². The molecular formula is C25H22N4O7. The molecule has 3 aromatic rings. The van der Waals surface area contributed by atoms with Crippen molar-refractivity contribution in [2.24, 2.45) is 5.10 Å². The highest BCUT2D eigenvalue weighted by molar-refractivity contribution is 6.39. The van der Waals surface area contributed by atoms with Gasteiger partial charge in [0.05, 0.1) is 31.6 Å². The lowest BCUT2D eigenvalue weighted by Gasteiger charge is -2.11. The lowest BCUT2D eigenvalue weighted by atomic mass is 10.2. The van der Waals surface area contributed by atoms with E-state index in [2.05, 4.69) is 20.6 Å². The number of carbonyl (C=O) groups is 3. The first kappa shape index (κ1) is 25.5. The van der Waals surface area contributed by atoms with E-state index >= 15 is 0 Å². The summed E-state index contributed by atoms with van der Waals surface area (Å²) >= 11 is 0. The van der Waals surface area contributed by atoms with Crippen LogP contribution in [0.15, 0.2) is 64.1 Å². The van der Waals surface area contributed by atoms with Gasteiger partial charge in [0, 0.05) is 5.69 Å². The molecule has 3 rings (SSSR count). The lowest BCUT2D eigenvalue weighted by molar-refractivity contribution is -0.136. The highest BCUT2D eigenvalue weighted by Crippen LogP contribution is 2.29. The van der Waals surface area contributed by atoms with Gasteiger partial charge in [0.1, 0.15) is 12.4 Å². The maximum Gasteiger partial charge on any atom is 0.373 e. The number of carbonyl (C=O) groups excluding carboxylic acids is 3. The normalized spacial score (nSPS) is 10.4. The van der Waals surface area contributed by atoms with E-state index in [1.807, 2.05) is 13.0 Å². The van der Waals surface area contributed by atoms with Crippen LogP contribution in [0.5, 0.6) is 11.5 Å². The number of nitrogens with one attached hydrogen (secondary N) is 2. The fraction of sp³-hybridized carbons (Fsp3) is 0.160. The van der Waals surface area contributed by atoms with Crippen LogP contribution in [0.4, 0.5) is 5.69 Å². The van der Waals surface area contributed by atoms with Crippen LogP contribution in [-0.2, 0) is 20.9 Å². The number of hydrogen-bond donors (Lipinski definition) is 2. The van der Waals surface area contributed by atoms with E-state index in [0.717, 1.165) is 0 Å². The van der Waals surface area contributed by atoms with Crippen molar-refractivity contribution in [3.05, 3.63) is 77.2 Å². The summed E-state index contributed by atoms with van der Waals surface area (Å²) in [7, 11) is 1.26. The molecular weight excluding hydrogens is 468 g/mol. The number of rotatable bonds is 9. The molecule has 1 aromatic heterocycles. The van der Waals surface area contributed by atoms with Crippen LogP contribution in [-0.4, -0.2) is 37.7 Å². The number of hydrogen-bond acceptors (Lipinski definition) is 9. The standard InChI is InChI=1S/C25H22N4O7/c1-3-34-22-12-17(6-10-20(22)35-15-19-9-11-21(36-19)25(32)33-2)14-27-29-24(31)23(30)28-18-7-4-16(13-26)5-8-18/h4-12,14H,3,15H2,1-2H3,(H,28,30)(H,29,31)/b27-14+. The van der Waals surface area contributed by atoms with Crippen molar-refractivity contribution in [3.8, 4) is 17.6 Å². The van der Waals surface area contributed by atoms with E-state index in [9.17, 15) is 14.4 Å². The number of hydrazone groups is 1. The fourth-order valence-corrected chi connectivity index (χ4v) is 2.84. The quantitative estimate of drug-likeness (QED) is 0.201. The third-order valence-electron chi connectivity index (χ3n) is 4.54. The van der Waals surface area contributed by atoms with E-state index in [1.165, 1.54) is 43.7 Å². The molecule has 0 spiro atoms. The molecule has 184 valence electrons. The van der Waals surface area contributed by atoms with Crippen molar-refractivity contribution in [2.75, 3.05) is 19.0 Å². The Morgan fingerprint density at radius 2 is 1.81 bits per heavy atom. The first-order valence-corrected chi connectivity index (χ1v) is 10.6. The zero-order valence-electron chi connectivity index (χ0n) is 19.4. The Morgan fingerprint density at radius 1 is 1.03 bits per heavy atom. The second-order valence-electron chi connectivity index (χ2n) is 7.03. The third kappa shape index (κ3) is 6.94. The molecule has 1 heterocycles. The number of methoxy groups -OCH3 is 1. The van der Waals surface area contributed by atoms with Crippen molar-refractivity contribution in [1.29, 1.82) is 5.26 Å². The van der Waals surface area contributed by atoms with Gasteiger partial charge in [-0.05, 0) is 67.1 Å². The topological polar surface area (TPSA) is 152 Å². The van der Waals surface area contributed by atoms with Crippen molar-refractivity contribution in [2.45, 2.75) is 13.5 Å². The molecule has 2 amide bonds. The second kappa shape index (κ2) is 12.4. The molecule has 0 bridgehead atoms. The molecule has 0 aliphatic heterocycles. The Morgan fingerprint density at radius 3 is 2.50 bits per heavy atom. The van der Waals surface area contributed by atoms with E-state index in [0.29, 0.717) is 40.7 Å². The van der Waals surface area contributed by atoms with Gasteiger partial charge >= 0.3 is 17.8 Å². The van der Waals surface area contributed by atoms with Gasteiger partial charge in [0.15, 0.2) is 11.5 Å². The van der Waals surface area contributed by atoms with Crippen LogP contribution < -0.4 is 20.2 Å². The minimum absolute atomic E-state index is 0.0505. The summed E-state index contributed by atoms with van der Waals surface area (Å²) in [6.45, 7) is 2.23. The molecule has 0 radical (unpaired) electrons. The van der Waals surface area contributed by atoms with E-state index in [1.54, 1.807) is 24.3 Å². The van der Waals surface area contributed by atoms with Gasteiger partial charge in [-0.25, -0.2) is 10.2 Å². The number of ether oxygens (including phenoxy) is 3. The van der Waals surface area contributed by atoms with Crippen molar-refractivity contribution < 1.29 is 33.0 Å². The third-order valence-corrected chi connectivity index (χ3v) is 4.54. The Kier molecular flexibility index (Phi) is 8.77. The molecule has 2 aromatic carbocycles. The van der Waals surface area contributed by atoms with Gasteiger partial charge in [0.2, 0.25) is 5.76 Å². The predicted octanol–water partition coefficient (Wildman–Crippen LogP) is 3.00. The van der Waals surface area contributed by atoms with Crippen LogP contribution >= 0.6 is 0 Å². The predicted molar refractivity (Wildman–Crippen MR) is 128 cm³/mol. The summed E-state index contributed by atoms with van der Waals surface area (Å²) in [6, 6.07) is 16.1. The minimum Gasteiger partial charge on any atom is -0.490 e. The Bertz CT molecular complexity index is 1310. The average molecular weight is 490 g/mol. The second-order valence-corrected chi connectivity index (χ2v) is 7.03. The highest BCUT2D eigenvalue weighted by atomic mass is 16.5. The summed E-state index contributed by atoms with van der Waals surface area (Å²) in [5.74, 6) is -1.12. The van der Waals surface area contributed by atoms with Crippen LogP contribution in [0.25, 0.3) is 0 Å². The molecule has 0 saturated carbocycles. The van der Waals surface area contributed by atoms with Gasteiger partial charge in [-0.15, -0.1) is 0 Å². The number of nitrogens with zero attached hydrogens (tertiary/aromatic N) is 2.